The fourth-order valence-electron chi connectivity index (χ4n) is 4.78. The van der Waals surface area contributed by atoms with Crippen LogP contribution in [0, 0.1) is 5.82 Å². The maximum absolute atomic E-state index is 14.6. The SMILES string of the molecule is CCC(C)Oc1c(Br)csc1C(=O)N1C2CCC1CC(c1cc(CN)ccc1F)C2.Cl. The van der Waals surface area contributed by atoms with Crippen LogP contribution in [-0.2, 0) is 6.54 Å². The Kier molecular flexibility index (Phi) is 8.05. The molecule has 1 aromatic carbocycles. The highest BCUT2D eigenvalue weighted by atomic mass is 79.9. The summed E-state index contributed by atoms with van der Waals surface area (Å²) in [5, 5.41) is 1.92. The molecule has 2 bridgehead atoms. The average molecular weight is 532 g/mol. The quantitative estimate of drug-likeness (QED) is 0.479. The third-order valence-electron chi connectivity index (χ3n) is 6.50. The van der Waals surface area contributed by atoms with Crippen molar-refractivity contribution in [2.24, 2.45) is 5.73 Å². The number of carbonyl (C=O) groups is 1. The van der Waals surface area contributed by atoms with Crippen LogP contribution in [0.3, 0.4) is 0 Å². The fourth-order valence-corrected chi connectivity index (χ4v) is 6.28. The Morgan fingerprint density at radius 3 is 2.65 bits per heavy atom. The molecule has 2 aromatic rings. The Balaban J connectivity index is 0.00000272. The van der Waals surface area contributed by atoms with E-state index in [4.69, 9.17) is 10.5 Å². The number of nitrogens with two attached hydrogens (primary N) is 1. The number of hydrogen-bond acceptors (Lipinski definition) is 4. The molecule has 0 radical (unpaired) electrons. The summed E-state index contributed by atoms with van der Waals surface area (Å²) >= 11 is 4.97. The second kappa shape index (κ2) is 10.2. The van der Waals surface area contributed by atoms with Crippen molar-refractivity contribution in [3.05, 3.63) is 49.9 Å². The third kappa shape index (κ3) is 4.80. The van der Waals surface area contributed by atoms with Crippen LogP contribution >= 0.6 is 39.7 Å². The minimum Gasteiger partial charge on any atom is -0.488 e. The Labute approximate surface area is 201 Å². The first-order valence-electron chi connectivity index (χ1n) is 10.7. The number of thiophene rings is 1. The molecule has 2 aliphatic heterocycles. The monoisotopic (exact) mass is 530 g/mol. The second-order valence-electron chi connectivity index (χ2n) is 8.40. The Morgan fingerprint density at radius 2 is 2.03 bits per heavy atom. The molecule has 31 heavy (non-hydrogen) atoms. The number of ether oxygens (including phenoxy) is 1. The van der Waals surface area contributed by atoms with Gasteiger partial charge in [0.2, 0.25) is 0 Å². The van der Waals surface area contributed by atoms with Crippen LogP contribution in [0.5, 0.6) is 5.75 Å². The smallest absolute Gasteiger partial charge is 0.268 e. The van der Waals surface area contributed by atoms with Gasteiger partial charge in [0.1, 0.15) is 10.7 Å². The molecule has 4 nitrogen and oxygen atoms in total. The minimum absolute atomic E-state index is 0. The third-order valence-corrected chi connectivity index (χ3v) is 8.34. The van der Waals surface area contributed by atoms with Gasteiger partial charge >= 0.3 is 0 Å². The Bertz CT molecular complexity index is 926. The molecule has 4 rings (SSSR count). The molecule has 2 fully saturated rings. The van der Waals surface area contributed by atoms with Crippen LogP contribution in [-0.4, -0.2) is 29.0 Å². The van der Waals surface area contributed by atoms with Gasteiger partial charge in [-0.05, 0) is 78.1 Å². The van der Waals surface area contributed by atoms with E-state index in [2.05, 4.69) is 22.9 Å². The Hall–Kier alpha value is -1.15. The molecule has 2 saturated heterocycles. The fraction of sp³-hybridized carbons (Fsp3) is 0.522. The van der Waals surface area contributed by atoms with Crippen molar-refractivity contribution in [3.63, 3.8) is 0 Å². The van der Waals surface area contributed by atoms with Crippen LogP contribution in [0.2, 0.25) is 0 Å². The van der Waals surface area contributed by atoms with Crippen LogP contribution in [0.4, 0.5) is 4.39 Å². The lowest BCUT2D eigenvalue weighted by molar-refractivity contribution is 0.0569. The molecule has 3 unspecified atom stereocenters. The first-order valence-corrected chi connectivity index (χ1v) is 12.3. The number of hydrogen-bond donors (Lipinski definition) is 1. The molecule has 0 aliphatic carbocycles. The molecule has 3 heterocycles. The molecule has 1 amide bonds. The minimum atomic E-state index is -0.164. The summed E-state index contributed by atoms with van der Waals surface area (Å²) < 4.78 is 21.4. The first-order chi connectivity index (χ1) is 14.4. The summed E-state index contributed by atoms with van der Waals surface area (Å²) in [6, 6.07) is 5.46. The van der Waals surface area contributed by atoms with Gasteiger partial charge in [-0.2, -0.15) is 0 Å². The zero-order valence-corrected chi connectivity index (χ0v) is 21.0. The van der Waals surface area contributed by atoms with E-state index in [1.54, 1.807) is 6.07 Å². The summed E-state index contributed by atoms with van der Waals surface area (Å²) in [6.45, 7) is 4.48. The van der Waals surface area contributed by atoms with Crippen molar-refractivity contribution >= 4 is 45.6 Å². The second-order valence-corrected chi connectivity index (χ2v) is 10.1. The first kappa shape index (κ1) is 24.5. The molecule has 0 spiro atoms. The molecule has 2 N–H and O–H groups in total. The summed E-state index contributed by atoms with van der Waals surface area (Å²) in [5.74, 6) is 0.667. The predicted molar refractivity (Wildman–Crippen MR) is 129 cm³/mol. The van der Waals surface area contributed by atoms with Gasteiger partial charge in [0.15, 0.2) is 5.75 Å². The number of carbonyl (C=O) groups excluding carboxylic acids is 1. The van der Waals surface area contributed by atoms with Gasteiger partial charge in [0.25, 0.3) is 5.91 Å². The molecular formula is C23H29BrClFN2O2S. The van der Waals surface area contributed by atoms with Crippen molar-refractivity contribution in [3.8, 4) is 5.75 Å². The van der Waals surface area contributed by atoms with E-state index in [0.717, 1.165) is 47.7 Å². The van der Waals surface area contributed by atoms with E-state index in [1.807, 2.05) is 23.3 Å². The topological polar surface area (TPSA) is 55.6 Å². The molecule has 8 heteroatoms. The van der Waals surface area contributed by atoms with Crippen molar-refractivity contribution in [2.75, 3.05) is 0 Å². The lowest BCUT2D eigenvalue weighted by atomic mass is 9.84. The number of rotatable bonds is 6. The van der Waals surface area contributed by atoms with E-state index >= 15 is 0 Å². The summed E-state index contributed by atoms with van der Waals surface area (Å²) in [6.07, 6.45) is 4.45. The lowest BCUT2D eigenvalue weighted by Crippen LogP contribution is -2.46. The van der Waals surface area contributed by atoms with Gasteiger partial charge in [0.05, 0.1) is 10.6 Å². The van der Waals surface area contributed by atoms with E-state index in [9.17, 15) is 9.18 Å². The maximum atomic E-state index is 14.6. The summed E-state index contributed by atoms with van der Waals surface area (Å²) in [7, 11) is 0. The van der Waals surface area contributed by atoms with Gasteiger partial charge < -0.3 is 15.4 Å². The zero-order chi connectivity index (χ0) is 21.4. The predicted octanol–water partition coefficient (Wildman–Crippen LogP) is 6.26. The number of fused-ring (bicyclic) bond motifs is 2. The van der Waals surface area contributed by atoms with Crippen LogP contribution in [0.1, 0.15) is 72.7 Å². The van der Waals surface area contributed by atoms with E-state index in [1.165, 1.54) is 17.4 Å². The van der Waals surface area contributed by atoms with Crippen LogP contribution in [0.25, 0.3) is 0 Å². The molecule has 0 saturated carbocycles. The summed E-state index contributed by atoms with van der Waals surface area (Å²) in [5.41, 5.74) is 7.47. The van der Waals surface area contributed by atoms with Crippen LogP contribution in [0.15, 0.2) is 28.1 Å². The standard InChI is InChI=1S/C23H28BrFN2O2S.ClH/c1-3-13(2)29-21-19(24)12-30-22(21)23(28)27-16-5-6-17(27)10-15(9-16)18-8-14(11-26)4-7-20(18)25;/h4,7-8,12-13,15-17H,3,5-6,9-11,26H2,1-2H3;1H. The van der Waals surface area contributed by atoms with E-state index in [-0.39, 0.29) is 48.2 Å². The average Bonchev–Trinajstić information content (AvgIpc) is 3.23. The van der Waals surface area contributed by atoms with Gasteiger partial charge in [0, 0.05) is 24.0 Å². The number of nitrogens with zero attached hydrogens (tertiary/aromatic N) is 1. The lowest BCUT2D eigenvalue weighted by Gasteiger charge is -2.39. The molecule has 2 aliphatic rings. The highest BCUT2D eigenvalue weighted by Gasteiger charge is 2.45. The number of amides is 1. The van der Waals surface area contributed by atoms with E-state index < -0.39 is 0 Å². The largest absolute Gasteiger partial charge is 0.488 e. The van der Waals surface area contributed by atoms with Crippen molar-refractivity contribution in [2.45, 2.75) is 76.6 Å². The highest BCUT2D eigenvalue weighted by molar-refractivity contribution is 9.10. The van der Waals surface area contributed by atoms with E-state index in [0.29, 0.717) is 17.2 Å². The molecular weight excluding hydrogens is 503 g/mol. The Morgan fingerprint density at radius 1 is 1.35 bits per heavy atom. The van der Waals surface area contributed by atoms with Gasteiger partial charge in [-0.15, -0.1) is 23.7 Å². The van der Waals surface area contributed by atoms with Crippen LogP contribution < -0.4 is 10.5 Å². The normalized spacial score (nSPS) is 23.4. The summed E-state index contributed by atoms with van der Waals surface area (Å²) in [4.78, 5) is 16.2. The number of benzene rings is 1. The molecule has 1 aromatic heterocycles. The highest BCUT2D eigenvalue weighted by Crippen LogP contribution is 2.46. The van der Waals surface area contributed by atoms with Crippen molar-refractivity contribution in [1.82, 2.24) is 4.90 Å². The van der Waals surface area contributed by atoms with Crippen molar-refractivity contribution in [1.29, 1.82) is 0 Å². The zero-order valence-electron chi connectivity index (χ0n) is 17.8. The molecule has 3 atom stereocenters. The maximum Gasteiger partial charge on any atom is 0.268 e. The number of piperidine rings is 1. The molecule has 170 valence electrons. The van der Waals surface area contributed by atoms with Gasteiger partial charge in [-0.25, -0.2) is 4.39 Å². The van der Waals surface area contributed by atoms with Gasteiger partial charge in [-0.1, -0.05) is 19.1 Å². The van der Waals surface area contributed by atoms with Crippen molar-refractivity contribution < 1.29 is 13.9 Å². The van der Waals surface area contributed by atoms with Gasteiger partial charge in [-0.3, -0.25) is 4.79 Å². The number of halogens is 3.